The highest BCUT2D eigenvalue weighted by atomic mass is 32.1. The van der Waals surface area contributed by atoms with Gasteiger partial charge in [0.05, 0.1) is 12.5 Å². The summed E-state index contributed by atoms with van der Waals surface area (Å²) < 4.78 is 7.11. The first kappa shape index (κ1) is 19.0. The molecular weight excluding hydrogens is 370 g/mol. The van der Waals surface area contributed by atoms with Gasteiger partial charge in [-0.05, 0) is 69.2 Å². The quantitative estimate of drug-likeness (QED) is 0.661. The summed E-state index contributed by atoms with van der Waals surface area (Å²) in [5, 5.41) is 4.27. The van der Waals surface area contributed by atoms with Crippen LogP contribution >= 0.6 is 11.3 Å². The monoisotopic (exact) mass is 397 g/mol. The number of methoxy groups -OCH3 is 1. The number of fused-ring (bicyclic) bond motifs is 3. The summed E-state index contributed by atoms with van der Waals surface area (Å²) in [6.07, 6.45) is 5.30. The normalized spacial score (nSPS) is 13.7. The molecule has 28 heavy (non-hydrogen) atoms. The molecule has 6 heteroatoms. The summed E-state index contributed by atoms with van der Waals surface area (Å²) in [5.74, 6) is 1.54. The fraction of sp³-hybridized carbons (Fsp3) is 0.455. The third kappa shape index (κ3) is 3.53. The first-order valence-electron chi connectivity index (χ1n) is 10.0. The molecule has 2 aromatic heterocycles. The van der Waals surface area contributed by atoms with Crippen LogP contribution in [0.15, 0.2) is 29.1 Å². The molecule has 0 unspecified atom stereocenters. The van der Waals surface area contributed by atoms with Crippen LogP contribution in [0.5, 0.6) is 5.75 Å². The maximum Gasteiger partial charge on any atom is 0.264 e. The topological polar surface area (TPSA) is 56.1 Å². The SMILES string of the molecule is COc1cccc(CCNc2nc3sc4c(c3c(=O)n2C(C)C)CCCC4)c1. The van der Waals surface area contributed by atoms with Gasteiger partial charge in [-0.2, -0.15) is 0 Å². The average molecular weight is 398 g/mol. The van der Waals surface area contributed by atoms with Crippen LogP contribution < -0.4 is 15.6 Å². The van der Waals surface area contributed by atoms with Crippen LogP contribution in [0.4, 0.5) is 5.95 Å². The number of ether oxygens (including phenoxy) is 1. The van der Waals surface area contributed by atoms with E-state index in [1.165, 1.54) is 28.8 Å². The molecule has 2 heterocycles. The van der Waals surface area contributed by atoms with E-state index >= 15 is 0 Å². The Morgan fingerprint density at radius 3 is 2.89 bits per heavy atom. The molecule has 148 valence electrons. The number of nitrogens with zero attached hydrogens (tertiary/aromatic N) is 2. The van der Waals surface area contributed by atoms with E-state index in [-0.39, 0.29) is 11.6 Å². The van der Waals surface area contributed by atoms with Crippen LogP contribution in [-0.2, 0) is 19.3 Å². The fourth-order valence-corrected chi connectivity index (χ4v) is 5.22. The van der Waals surface area contributed by atoms with Crippen LogP contribution in [0.3, 0.4) is 0 Å². The Morgan fingerprint density at radius 1 is 1.29 bits per heavy atom. The highest BCUT2D eigenvalue weighted by molar-refractivity contribution is 7.18. The fourth-order valence-electron chi connectivity index (χ4n) is 3.97. The number of rotatable bonds is 6. The largest absolute Gasteiger partial charge is 0.497 e. The molecule has 1 aromatic carbocycles. The number of hydrogen-bond acceptors (Lipinski definition) is 5. The van der Waals surface area contributed by atoms with E-state index in [0.717, 1.165) is 35.2 Å². The van der Waals surface area contributed by atoms with Gasteiger partial charge in [0, 0.05) is 17.5 Å². The maximum atomic E-state index is 13.3. The zero-order valence-corrected chi connectivity index (χ0v) is 17.6. The lowest BCUT2D eigenvalue weighted by molar-refractivity contribution is 0.414. The number of aryl methyl sites for hydroxylation is 2. The second-order valence-electron chi connectivity index (χ2n) is 7.62. The van der Waals surface area contributed by atoms with Gasteiger partial charge in [0.2, 0.25) is 5.95 Å². The van der Waals surface area contributed by atoms with E-state index in [1.54, 1.807) is 18.4 Å². The summed E-state index contributed by atoms with van der Waals surface area (Å²) in [6.45, 7) is 4.80. The van der Waals surface area contributed by atoms with E-state index < -0.39 is 0 Å². The van der Waals surface area contributed by atoms with Gasteiger partial charge in [0.15, 0.2) is 0 Å². The molecule has 4 rings (SSSR count). The van der Waals surface area contributed by atoms with E-state index in [9.17, 15) is 4.79 Å². The summed E-state index contributed by atoms with van der Waals surface area (Å²) >= 11 is 1.70. The molecule has 5 nitrogen and oxygen atoms in total. The number of benzene rings is 1. The molecule has 1 N–H and O–H groups in total. The van der Waals surface area contributed by atoms with Gasteiger partial charge in [-0.25, -0.2) is 4.98 Å². The molecule has 0 spiro atoms. The first-order chi connectivity index (χ1) is 13.6. The standard InChI is InChI=1S/C22H27N3O2S/c1-14(2)25-21(26)19-17-9-4-5-10-18(17)28-20(19)24-22(25)23-12-11-15-7-6-8-16(13-15)27-3/h6-8,13-14H,4-5,9-12H2,1-3H3,(H,23,24). The summed E-state index contributed by atoms with van der Waals surface area (Å²) in [5.41, 5.74) is 2.54. The lowest BCUT2D eigenvalue weighted by atomic mass is 9.97. The Bertz CT molecular complexity index is 1050. The van der Waals surface area contributed by atoms with Gasteiger partial charge >= 0.3 is 0 Å². The molecule has 3 aromatic rings. The van der Waals surface area contributed by atoms with Crippen molar-refractivity contribution in [2.45, 2.75) is 52.0 Å². The van der Waals surface area contributed by atoms with Crippen molar-refractivity contribution in [3.05, 3.63) is 50.6 Å². The summed E-state index contributed by atoms with van der Waals surface area (Å²) in [6, 6.07) is 8.13. The third-order valence-corrected chi connectivity index (χ3v) is 6.55. The average Bonchev–Trinajstić information content (AvgIpc) is 3.06. The second kappa shape index (κ2) is 7.95. The van der Waals surface area contributed by atoms with Crippen LogP contribution in [-0.4, -0.2) is 23.2 Å². The van der Waals surface area contributed by atoms with Gasteiger partial charge in [0.1, 0.15) is 10.6 Å². The van der Waals surface area contributed by atoms with Crippen molar-refractivity contribution in [2.24, 2.45) is 0 Å². The van der Waals surface area contributed by atoms with Crippen molar-refractivity contribution in [3.63, 3.8) is 0 Å². The van der Waals surface area contributed by atoms with Gasteiger partial charge in [-0.1, -0.05) is 12.1 Å². The molecule has 0 saturated heterocycles. The first-order valence-corrected chi connectivity index (χ1v) is 10.8. The number of hydrogen-bond donors (Lipinski definition) is 1. The zero-order valence-electron chi connectivity index (χ0n) is 16.7. The predicted octanol–water partition coefficient (Wildman–Crippen LogP) is 4.58. The molecule has 1 aliphatic rings. The molecule has 0 aliphatic heterocycles. The minimum absolute atomic E-state index is 0.0582. The van der Waals surface area contributed by atoms with E-state index in [0.29, 0.717) is 12.5 Å². The van der Waals surface area contributed by atoms with Crippen LogP contribution in [0.2, 0.25) is 0 Å². The summed E-state index contributed by atoms with van der Waals surface area (Å²) in [7, 11) is 1.68. The van der Waals surface area contributed by atoms with Crippen molar-refractivity contribution in [1.29, 1.82) is 0 Å². The Morgan fingerprint density at radius 2 is 2.11 bits per heavy atom. The molecule has 0 amide bonds. The Balaban J connectivity index is 1.64. The lowest BCUT2D eigenvalue weighted by Crippen LogP contribution is -2.27. The second-order valence-corrected chi connectivity index (χ2v) is 8.71. The van der Waals surface area contributed by atoms with Crippen LogP contribution in [0.1, 0.15) is 48.7 Å². The van der Waals surface area contributed by atoms with E-state index in [4.69, 9.17) is 9.72 Å². The molecular formula is C22H27N3O2S. The number of aromatic nitrogens is 2. The van der Waals surface area contributed by atoms with E-state index in [1.807, 2.05) is 36.6 Å². The van der Waals surface area contributed by atoms with Gasteiger partial charge in [-0.15, -0.1) is 11.3 Å². The van der Waals surface area contributed by atoms with Crippen molar-refractivity contribution >= 4 is 27.5 Å². The Kier molecular flexibility index (Phi) is 5.40. The molecule has 0 atom stereocenters. The van der Waals surface area contributed by atoms with Gasteiger partial charge < -0.3 is 10.1 Å². The van der Waals surface area contributed by atoms with E-state index in [2.05, 4.69) is 11.4 Å². The van der Waals surface area contributed by atoms with Crippen LogP contribution in [0, 0.1) is 0 Å². The zero-order chi connectivity index (χ0) is 19.7. The highest BCUT2D eigenvalue weighted by Gasteiger charge is 2.22. The number of thiophene rings is 1. The lowest BCUT2D eigenvalue weighted by Gasteiger charge is -2.17. The minimum Gasteiger partial charge on any atom is -0.497 e. The molecule has 0 fully saturated rings. The minimum atomic E-state index is 0.0582. The smallest absolute Gasteiger partial charge is 0.264 e. The molecule has 0 radical (unpaired) electrons. The molecule has 1 aliphatic carbocycles. The van der Waals surface area contributed by atoms with Crippen molar-refractivity contribution in [3.8, 4) is 5.75 Å². The number of anilines is 1. The predicted molar refractivity (Wildman–Crippen MR) is 116 cm³/mol. The van der Waals surface area contributed by atoms with Gasteiger partial charge in [0.25, 0.3) is 5.56 Å². The maximum absolute atomic E-state index is 13.3. The highest BCUT2D eigenvalue weighted by Crippen LogP contribution is 2.34. The van der Waals surface area contributed by atoms with Crippen LogP contribution in [0.25, 0.3) is 10.2 Å². The number of nitrogens with one attached hydrogen (secondary N) is 1. The Labute approximate surface area is 169 Å². The van der Waals surface area contributed by atoms with Gasteiger partial charge in [-0.3, -0.25) is 9.36 Å². The third-order valence-electron chi connectivity index (χ3n) is 5.37. The van der Waals surface area contributed by atoms with Crippen molar-refractivity contribution in [2.75, 3.05) is 19.0 Å². The summed E-state index contributed by atoms with van der Waals surface area (Å²) in [4.78, 5) is 20.4. The Hall–Kier alpha value is -2.34. The molecule has 0 bridgehead atoms. The molecule has 0 saturated carbocycles. The van der Waals surface area contributed by atoms with Crippen molar-refractivity contribution in [1.82, 2.24) is 9.55 Å². The van der Waals surface area contributed by atoms with Crippen molar-refractivity contribution < 1.29 is 4.74 Å².